The minimum absolute atomic E-state index is 0.352. The van der Waals surface area contributed by atoms with Crippen molar-refractivity contribution in [1.29, 1.82) is 5.26 Å². The normalized spacial score (nSPS) is 14.0. The van der Waals surface area contributed by atoms with Gasteiger partial charge in [-0.25, -0.2) is 9.78 Å². The number of hydrogen-bond acceptors (Lipinski definition) is 5. The van der Waals surface area contributed by atoms with E-state index in [1.807, 2.05) is 6.07 Å². The molecule has 0 aliphatic carbocycles. The highest BCUT2D eigenvalue weighted by Crippen LogP contribution is 2.27. The lowest BCUT2D eigenvalue weighted by atomic mass is 10.2. The molecule has 0 radical (unpaired) electrons. The van der Waals surface area contributed by atoms with Crippen LogP contribution in [0.1, 0.15) is 16.1 Å². The Bertz CT molecular complexity index is 749. The van der Waals surface area contributed by atoms with Gasteiger partial charge in [0.25, 0.3) is 0 Å². The number of nitrogens with zero attached hydrogens (tertiary/aromatic N) is 3. The van der Waals surface area contributed by atoms with Gasteiger partial charge in [0.1, 0.15) is 0 Å². The van der Waals surface area contributed by atoms with Crippen LogP contribution in [0.15, 0.2) is 24.3 Å². The van der Waals surface area contributed by atoms with Crippen molar-refractivity contribution in [3.8, 4) is 6.07 Å². The van der Waals surface area contributed by atoms with Gasteiger partial charge in [0, 0.05) is 30.1 Å². The van der Waals surface area contributed by atoms with E-state index in [1.54, 1.807) is 24.3 Å². The van der Waals surface area contributed by atoms with Gasteiger partial charge in [-0.15, -0.1) is 11.3 Å². The SMILES string of the molecule is CN1CCc2nc(NC(=O)Nc3cccc(C#N)c3)sc2C1. The Kier molecular flexibility index (Phi) is 4.04. The molecule has 0 spiro atoms. The Morgan fingerprint density at radius 3 is 3.14 bits per heavy atom. The topological polar surface area (TPSA) is 81.1 Å². The second-order valence-electron chi connectivity index (χ2n) is 5.15. The van der Waals surface area contributed by atoms with Crippen LogP contribution in [0, 0.1) is 11.3 Å². The second-order valence-corrected chi connectivity index (χ2v) is 6.23. The molecule has 112 valence electrons. The summed E-state index contributed by atoms with van der Waals surface area (Å²) in [5.74, 6) is 0. The third-order valence-corrected chi connectivity index (χ3v) is 4.39. The van der Waals surface area contributed by atoms with Crippen LogP contribution in [0.4, 0.5) is 15.6 Å². The summed E-state index contributed by atoms with van der Waals surface area (Å²) in [7, 11) is 2.07. The number of aromatic nitrogens is 1. The van der Waals surface area contributed by atoms with E-state index in [4.69, 9.17) is 5.26 Å². The molecule has 0 atom stereocenters. The van der Waals surface area contributed by atoms with E-state index >= 15 is 0 Å². The van der Waals surface area contributed by atoms with Crippen LogP contribution in [-0.4, -0.2) is 29.5 Å². The number of urea groups is 1. The molecule has 0 unspecified atom stereocenters. The van der Waals surface area contributed by atoms with Crippen molar-refractivity contribution in [3.63, 3.8) is 0 Å². The number of anilines is 2. The molecule has 6 nitrogen and oxygen atoms in total. The first-order valence-corrected chi connectivity index (χ1v) is 7.71. The lowest BCUT2D eigenvalue weighted by Crippen LogP contribution is -2.25. The summed E-state index contributed by atoms with van der Waals surface area (Å²) in [4.78, 5) is 19.9. The van der Waals surface area contributed by atoms with Gasteiger partial charge in [0.15, 0.2) is 5.13 Å². The largest absolute Gasteiger partial charge is 0.325 e. The molecule has 1 aromatic carbocycles. The van der Waals surface area contributed by atoms with Gasteiger partial charge >= 0.3 is 6.03 Å². The van der Waals surface area contributed by atoms with E-state index < -0.39 is 0 Å². The maximum Gasteiger partial charge on any atom is 0.325 e. The Morgan fingerprint density at radius 2 is 2.32 bits per heavy atom. The van der Waals surface area contributed by atoms with Crippen molar-refractivity contribution in [2.45, 2.75) is 13.0 Å². The van der Waals surface area contributed by atoms with Gasteiger partial charge < -0.3 is 10.2 Å². The predicted octanol–water partition coefficient (Wildman–Crippen LogP) is 2.65. The first kappa shape index (κ1) is 14.5. The molecule has 2 heterocycles. The first-order chi connectivity index (χ1) is 10.6. The number of likely N-dealkylation sites (N-methyl/N-ethyl adjacent to an activating group) is 1. The van der Waals surface area contributed by atoms with Gasteiger partial charge in [0.05, 0.1) is 17.3 Å². The highest BCUT2D eigenvalue weighted by Gasteiger charge is 2.19. The zero-order valence-corrected chi connectivity index (χ0v) is 12.9. The Balaban J connectivity index is 1.66. The summed E-state index contributed by atoms with van der Waals surface area (Å²) in [6, 6.07) is 8.47. The van der Waals surface area contributed by atoms with Crippen molar-refractivity contribution >= 4 is 28.2 Å². The fraction of sp³-hybridized carbons (Fsp3) is 0.267. The Labute approximate surface area is 132 Å². The summed E-state index contributed by atoms with van der Waals surface area (Å²) in [6.45, 7) is 1.86. The van der Waals surface area contributed by atoms with Crippen molar-refractivity contribution in [2.24, 2.45) is 0 Å². The van der Waals surface area contributed by atoms with Crippen LogP contribution < -0.4 is 10.6 Å². The van der Waals surface area contributed by atoms with Gasteiger partial charge in [0.2, 0.25) is 0 Å². The third kappa shape index (κ3) is 3.24. The second kappa shape index (κ2) is 6.13. The molecule has 7 heteroatoms. The molecule has 2 amide bonds. The third-order valence-electron chi connectivity index (χ3n) is 3.39. The molecule has 2 aromatic rings. The van der Waals surface area contributed by atoms with Gasteiger partial charge in [-0.05, 0) is 25.2 Å². The number of carbonyl (C=O) groups is 1. The number of rotatable bonds is 2. The molecule has 0 fully saturated rings. The standard InChI is InChI=1S/C15H15N5OS/c1-20-6-5-12-13(9-20)22-15(18-12)19-14(21)17-11-4-2-3-10(7-11)8-16/h2-4,7H,5-6,9H2,1H3,(H2,17,18,19,21). The molecule has 1 aliphatic heterocycles. The van der Waals surface area contributed by atoms with Crippen molar-refractivity contribution in [3.05, 3.63) is 40.4 Å². The summed E-state index contributed by atoms with van der Waals surface area (Å²) in [6.07, 6.45) is 0.913. The number of amides is 2. The van der Waals surface area contributed by atoms with E-state index in [2.05, 4.69) is 27.6 Å². The number of hydrogen-bond donors (Lipinski definition) is 2. The Morgan fingerprint density at radius 1 is 1.45 bits per heavy atom. The van der Waals surface area contributed by atoms with E-state index in [1.165, 1.54) is 16.2 Å². The molecule has 1 aliphatic rings. The lowest BCUT2D eigenvalue weighted by molar-refractivity contribution is 0.262. The van der Waals surface area contributed by atoms with E-state index in [0.29, 0.717) is 16.4 Å². The fourth-order valence-corrected chi connectivity index (χ4v) is 3.39. The highest BCUT2D eigenvalue weighted by atomic mass is 32.1. The first-order valence-electron chi connectivity index (χ1n) is 6.89. The van der Waals surface area contributed by atoms with Crippen LogP contribution in [0.5, 0.6) is 0 Å². The molecule has 1 aromatic heterocycles. The van der Waals surface area contributed by atoms with Crippen LogP contribution in [0.25, 0.3) is 0 Å². The molecular weight excluding hydrogens is 298 g/mol. The molecular formula is C15H15N5OS. The molecule has 0 saturated carbocycles. The fourth-order valence-electron chi connectivity index (χ4n) is 2.30. The summed E-state index contributed by atoms with van der Waals surface area (Å²) < 4.78 is 0. The monoisotopic (exact) mass is 313 g/mol. The summed E-state index contributed by atoms with van der Waals surface area (Å²) in [5, 5.41) is 14.9. The number of fused-ring (bicyclic) bond motifs is 1. The van der Waals surface area contributed by atoms with E-state index in [0.717, 1.165) is 25.2 Å². The Hall–Kier alpha value is -2.43. The molecule has 0 saturated heterocycles. The van der Waals surface area contributed by atoms with Crippen LogP contribution in [-0.2, 0) is 13.0 Å². The van der Waals surface area contributed by atoms with Crippen molar-refractivity contribution in [2.75, 3.05) is 24.2 Å². The predicted molar refractivity (Wildman–Crippen MR) is 86.0 cm³/mol. The van der Waals surface area contributed by atoms with Crippen LogP contribution in [0.3, 0.4) is 0 Å². The maximum atomic E-state index is 12.0. The van der Waals surface area contributed by atoms with Gasteiger partial charge in [-0.3, -0.25) is 5.32 Å². The van der Waals surface area contributed by atoms with Crippen LogP contribution in [0.2, 0.25) is 0 Å². The number of thiazole rings is 1. The van der Waals surface area contributed by atoms with Crippen LogP contribution >= 0.6 is 11.3 Å². The summed E-state index contributed by atoms with van der Waals surface area (Å²) in [5.41, 5.74) is 2.16. The maximum absolute atomic E-state index is 12.0. The molecule has 22 heavy (non-hydrogen) atoms. The number of carbonyl (C=O) groups excluding carboxylic acids is 1. The number of nitrogens with one attached hydrogen (secondary N) is 2. The average molecular weight is 313 g/mol. The smallest absolute Gasteiger partial charge is 0.308 e. The number of benzene rings is 1. The minimum atomic E-state index is -0.352. The average Bonchev–Trinajstić information content (AvgIpc) is 2.88. The lowest BCUT2D eigenvalue weighted by Gasteiger charge is -2.20. The number of nitriles is 1. The van der Waals surface area contributed by atoms with Crippen molar-refractivity contribution < 1.29 is 4.79 Å². The van der Waals surface area contributed by atoms with E-state index in [9.17, 15) is 4.79 Å². The van der Waals surface area contributed by atoms with Crippen molar-refractivity contribution in [1.82, 2.24) is 9.88 Å². The molecule has 3 rings (SSSR count). The zero-order chi connectivity index (χ0) is 15.5. The quantitative estimate of drug-likeness (QED) is 0.893. The van der Waals surface area contributed by atoms with Gasteiger partial charge in [-0.1, -0.05) is 6.07 Å². The zero-order valence-electron chi connectivity index (χ0n) is 12.1. The minimum Gasteiger partial charge on any atom is -0.308 e. The summed E-state index contributed by atoms with van der Waals surface area (Å²) >= 11 is 1.51. The highest BCUT2D eigenvalue weighted by molar-refractivity contribution is 7.15. The molecule has 0 bridgehead atoms. The molecule has 2 N–H and O–H groups in total. The van der Waals surface area contributed by atoms with E-state index in [-0.39, 0.29) is 6.03 Å². The van der Waals surface area contributed by atoms with Gasteiger partial charge in [-0.2, -0.15) is 5.26 Å².